The molecular weight excluding hydrogens is 504 g/mol. The molecule has 0 saturated heterocycles. The van der Waals surface area contributed by atoms with Gasteiger partial charge >= 0.3 is 12.1 Å². The molecule has 1 aliphatic rings. The summed E-state index contributed by atoms with van der Waals surface area (Å²) in [6, 6.07) is 13.4. The largest absolute Gasteiger partial charge is 0.543 e. The van der Waals surface area contributed by atoms with Crippen LogP contribution in [0.2, 0.25) is 18.1 Å². The number of alkyl carbamates (subject to hydrolysis) is 1. The zero-order chi connectivity index (χ0) is 28.5. The molecule has 0 spiro atoms. The monoisotopic (exact) mass is 542 g/mol. The number of amides is 1. The van der Waals surface area contributed by atoms with Crippen molar-refractivity contribution in [3.05, 3.63) is 69.8 Å². The second-order valence-electron chi connectivity index (χ2n) is 12.3. The van der Waals surface area contributed by atoms with Gasteiger partial charge in [0.2, 0.25) is 8.32 Å². The topological polar surface area (TPSA) is 117 Å². The third kappa shape index (κ3) is 6.92. The summed E-state index contributed by atoms with van der Waals surface area (Å²) < 4.78 is 17.5. The van der Waals surface area contributed by atoms with Crippen molar-refractivity contribution in [1.29, 1.82) is 0 Å². The fraction of sp³-hybridized carbons (Fsp3) is 0.500. The smallest absolute Gasteiger partial charge is 0.408 e. The Labute approximate surface area is 225 Å². The van der Waals surface area contributed by atoms with E-state index < -0.39 is 36.4 Å². The van der Waals surface area contributed by atoms with Gasteiger partial charge in [-0.05, 0) is 80.7 Å². The highest BCUT2D eigenvalue weighted by Gasteiger charge is 2.63. The number of hydrogen-bond donors (Lipinski definition) is 1. The molecule has 1 fully saturated rings. The Morgan fingerprint density at radius 3 is 2.26 bits per heavy atom. The van der Waals surface area contributed by atoms with Gasteiger partial charge in [-0.15, -0.1) is 0 Å². The first-order valence-corrected chi connectivity index (χ1v) is 15.5. The minimum atomic E-state index is -2.08. The van der Waals surface area contributed by atoms with Gasteiger partial charge in [0, 0.05) is 18.1 Å². The number of esters is 1. The van der Waals surface area contributed by atoms with Crippen molar-refractivity contribution in [2.24, 2.45) is 0 Å². The van der Waals surface area contributed by atoms with Crippen molar-refractivity contribution in [1.82, 2.24) is 5.32 Å². The van der Waals surface area contributed by atoms with E-state index in [-0.39, 0.29) is 23.3 Å². The van der Waals surface area contributed by atoms with E-state index >= 15 is 0 Å². The van der Waals surface area contributed by atoms with E-state index in [0.29, 0.717) is 12.0 Å². The quantitative estimate of drug-likeness (QED) is 0.176. The van der Waals surface area contributed by atoms with Crippen molar-refractivity contribution in [2.45, 2.75) is 89.8 Å². The van der Waals surface area contributed by atoms with Crippen LogP contribution in [-0.2, 0) is 20.9 Å². The number of nitrogens with zero attached hydrogens (tertiary/aromatic N) is 1. The van der Waals surface area contributed by atoms with Crippen LogP contribution < -0.4 is 9.74 Å². The Balaban J connectivity index is 1.82. The minimum absolute atomic E-state index is 0.0201. The zero-order valence-electron chi connectivity index (χ0n) is 23.4. The number of nitrogens with one attached hydrogen (secondary N) is 1. The fourth-order valence-corrected chi connectivity index (χ4v) is 4.82. The molecule has 2 aromatic rings. The van der Waals surface area contributed by atoms with Gasteiger partial charge in [-0.1, -0.05) is 32.9 Å². The minimum Gasteiger partial charge on any atom is -0.543 e. The van der Waals surface area contributed by atoms with Crippen LogP contribution in [0.5, 0.6) is 5.75 Å². The van der Waals surface area contributed by atoms with Gasteiger partial charge in [0.25, 0.3) is 5.69 Å². The van der Waals surface area contributed by atoms with E-state index in [0.717, 1.165) is 11.3 Å². The predicted molar refractivity (Wildman–Crippen MR) is 147 cm³/mol. The van der Waals surface area contributed by atoms with Crippen LogP contribution in [0.1, 0.15) is 65.0 Å². The van der Waals surface area contributed by atoms with Crippen molar-refractivity contribution in [3.63, 3.8) is 0 Å². The summed E-state index contributed by atoms with van der Waals surface area (Å²) in [6.07, 6.45) is -0.365. The lowest BCUT2D eigenvalue weighted by Crippen LogP contribution is -2.47. The number of benzene rings is 2. The van der Waals surface area contributed by atoms with E-state index in [1.54, 1.807) is 20.8 Å². The van der Waals surface area contributed by atoms with Gasteiger partial charge in [0.1, 0.15) is 23.5 Å². The summed E-state index contributed by atoms with van der Waals surface area (Å²) in [4.78, 5) is 36.5. The van der Waals surface area contributed by atoms with E-state index in [1.807, 2.05) is 24.3 Å². The van der Waals surface area contributed by atoms with Crippen LogP contribution in [0.25, 0.3) is 0 Å². The highest BCUT2D eigenvalue weighted by molar-refractivity contribution is 6.74. The first-order chi connectivity index (χ1) is 17.4. The highest BCUT2D eigenvalue weighted by Crippen LogP contribution is 2.53. The Bertz CT molecular complexity index is 1200. The molecule has 0 bridgehead atoms. The van der Waals surface area contributed by atoms with Crippen molar-refractivity contribution in [3.8, 4) is 5.75 Å². The maximum Gasteiger partial charge on any atom is 0.408 e. The summed E-state index contributed by atoms with van der Waals surface area (Å²) in [5.41, 5.74) is -0.637. The molecule has 1 N–H and O–H groups in total. The highest BCUT2D eigenvalue weighted by atomic mass is 28.4. The number of ether oxygens (including phenoxy) is 2. The molecule has 1 amide bonds. The van der Waals surface area contributed by atoms with Crippen LogP contribution in [0.4, 0.5) is 10.5 Å². The molecule has 2 aromatic carbocycles. The van der Waals surface area contributed by atoms with Crippen molar-refractivity contribution < 1.29 is 28.4 Å². The second kappa shape index (κ2) is 10.4. The average Bonchev–Trinajstić information content (AvgIpc) is 3.50. The molecule has 1 saturated carbocycles. The second-order valence-corrected chi connectivity index (χ2v) is 17.0. The fourth-order valence-electron chi connectivity index (χ4n) is 3.80. The molecule has 2 atom stereocenters. The molecule has 0 unspecified atom stereocenters. The number of carbonyl (C=O) groups is 2. The summed E-state index contributed by atoms with van der Waals surface area (Å²) >= 11 is 0. The van der Waals surface area contributed by atoms with Crippen LogP contribution in [0.3, 0.4) is 0 Å². The summed E-state index contributed by atoms with van der Waals surface area (Å²) in [5, 5.41) is 13.7. The number of rotatable bonds is 8. The molecule has 206 valence electrons. The molecule has 3 rings (SSSR count). The van der Waals surface area contributed by atoms with Crippen LogP contribution in [0.15, 0.2) is 48.5 Å². The van der Waals surface area contributed by atoms with E-state index in [9.17, 15) is 19.7 Å². The lowest BCUT2D eigenvalue weighted by molar-refractivity contribution is -0.384. The predicted octanol–water partition coefficient (Wildman–Crippen LogP) is 6.47. The van der Waals surface area contributed by atoms with E-state index in [1.165, 1.54) is 24.3 Å². The van der Waals surface area contributed by atoms with Gasteiger partial charge in [-0.2, -0.15) is 0 Å². The molecule has 0 aliphatic heterocycles. The number of non-ortho nitro benzene ring substituents is 1. The molecule has 0 radical (unpaired) electrons. The number of carbonyl (C=O) groups excluding carboxylic acids is 2. The number of nitro benzene ring substituents is 1. The van der Waals surface area contributed by atoms with Gasteiger partial charge in [-0.25, -0.2) is 9.59 Å². The molecule has 1 aliphatic carbocycles. The molecular formula is C28H38N2O7Si. The maximum atomic E-state index is 13.4. The average molecular weight is 543 g/mol. The zero-order valence-corrected chi connectivity index (χ0v) is 24.4. The first kappa shape index (κ1) is 29.2. The first-order valence-electron chi connectivity index (χ1n) is 12.6. The summed E-state index contributed by atoms with van der Waals surface area (Å²) in [7, 11) is -2.08. The third-order valence-electron chi connectivity index (χ3n) is 7.01. The molecule has 0 aromatic heterocycles. The molecule has 0 heterocycles. The Morgan fingerprint density at radius 2 is 1.71 bits per heavy atom. The standard InChI is InChI=1S/C28H38N2O7Si/c1-26(2,3)36-25(32)29-28(24(31)35-18-19-12-14-21(15-13-19)30(33)34)17-23(28)20-10-9-11-22(16-20)37-38(7,8)27(4,5)6/h9-16,23H,17-18H2,1-8H3,(H,29,32)/t23-,28-/m0/s1. The molecule has 10 heteroatoms. The van der Waals surface area contributed by atoms with Gasteiger partial charge in [0.05, 0.1) is 4.92 Å². The third-order valence-corrected chi connectivity index (χ3v) is 11.4. The van der Waals surface area contributed by atoms with Gasteiger partial charge in [-0.3, -0.25) is 10.1 Å². The molecule has 9 nitrogen and oxygen atoms in total. The lowest BCUT2D eigenvalue weighted by atomic mass is 10.1. The van der Waals surface area contributed by atoms with Crippen molar-refractivity contribution in [2.75, 3.05) is 0 Å². The number of hydrogen-bond acceptors (Lipinski definition) is 7. The Kier molecular flexibility index (Phi) is 7.98. The Hall–Kier alpha value is -3.40. The normalized spacial score (nSPS) is 19.3. The van der Waals surface area contributed by atoms with E-state index in [2.05, 4.69) is 39.2 Å². The number of nitro groups is 1. The van der Waals surface area contributed by atoms with Crippen LogP contribution in [-0.4, -0.2) is 36.4 Å². The van der Waals surface area contributed by atoms with Gasteiger partial charge < -0.3 is 19.2 Å². The van der Waals surface area contributed by atoms with E-state index in [4.69, 9.17) is 13.9 Å². The maximum absolute atomic E-state index is 13.4. The molecule has 38 heavy (non-hydrogen) atoms. The van der Waals surface area contributed by atoms with Gasteiger partial charge in [0.15, 0.2) is 0 Å². The van der Waals surface area contributed by atoms with Crippen molar-refractivity contribution >= 4 is 26.1 Å². The summed E-state index contributed by atoms with van der Waals surface area (Å²) in [6.45, 7) is 16.0. The van der Waals surface area contributed by atoms with Crippen LogP contribution >= 0.6 is 0 Å². The Morgan fingerprint density at radius 1 is 1.08 bits per heavy atom. The van der Waals surface area contributed by atoms with Crippen LogP contribution in [0, 0.1) is 10.1 Å². The summed E-state index contributed by atoms with van der Waals surface area (Å²) in [5.74, 6) is -0.198. The lowest BCUT2D eigenvalue weighted by Gasteiger charge is -2.36. The SMILES string of the molecule is CC(C)(C)OC(=O)N[C@@]1(C(=O)OCc2ccc([N+](=O)[O-])cc2)C[C@H]1c1cccc(O[Si](C)(C)C(C)(C)C)c1.